The van der Waals surface area contributed by atoms with Gasteiger partial charge in [-0.3, -0.25) is 4.90 Å². The van der Waals surface area contributed by atoms with Gasteiger partial charge >= 0.3 is 0 Å². The Hall–Kier alpha value is -0.800. The van der Waals surface area contributed by atoms with Gasteiger partial charge in [-0.2, -0.15) is 0 Å². The molecule has 1 saturated carbocycles. The number of likely N-dealkylation sites (tertiary alicyclic amines) is 1. The van der Waals surface area contributed by atoms with Crippen LogP contribution in [0.25, 0.3) is 0 Å². The first-order valence-electron chi connectivity index (χ1n) is 5.91. The first-order valence-corrected chi connectivity index (χ1v) is 5.91. The van der Waals surface area contributed by atoms with Crippen LogP contribution in [-0.2, 0) is 0 Å². The average Bonchev–Trinajstić information content (AvgIpc) is 2.95. The van der Waals surface area contributed by atoms with Crippen molar-refractivity contribution in [2.75, 3.05) is 6.54 Å². The summed E-state index contributed by atoms with van der Waals surface area (Å²) in [5, 5.41) is 0. The standard InChI is InChI=1S/C12H18N2O/c13-10-3-1-7-14(9-5-6-9)12(10)11-4-2-8-15-11/h2,4,8-10,12H,1,3,5-7,13H2. The molecule has 3 nitrogen and oxygen atoms in total. The van der Waals surface area contributed by atoms with E-state index in [0.717, 1.165) is 18.2 Å². The Morgan fingerprint density at radius 2 is 2.20 bits per heavy atom. The summed E-state index contributed by atoms with van der Waals surface area (Å²) >= 11 is 0. The van der Waals surface area contributed by atoms with Gasteiger partial charge < -0.3 is 10.2 Å². The van der Waals surface area contributed by atoms with E-state index >= 15 is 0 Å². The summed E-state index contributed by atoms with van der Waals surface area (Å²) in [7, 11) is 0. The molecule has 1 aliphatic heterocycles. The van der Waals surface area contributed by atoms with Gasteiger partial charge in [-0.1, -0.05) is 0 Å². The van der Waals surface area contributed by atoms with Crippen LogP contribution in [0.4, 0.5) is 0 Å². The maximum absolute atomic E-state index is 6.22. The Labute approximate surface area is 90.2 Å². The lowest BCUT2D eigenvalue weighted by Gasteiger charge is -2.38. The number of nitrogens with two attached hydrogens (primary N) is 1. The van der Waals surface area contributed by atoms with Crippen molar-refractivity contribution in [3.63, 3.8) is 0 Å². The quantitative estimate of drug-likeness (QED) is 0.803. The minimum absolute atomic E-state index is 0.241. The lowest BCUT2D eigenvalue weighted by molar-refractivity contribution is 0.102. The van der Waals surface area contributed by atoms with Gasteiger partial charge in [0.2, 0.25) is 0 Å². The van der Waals surface area contributed by atoms with Crippen LogP contribution in [0.1, 0.15) is 37.5 Å². The fourth-order valence-corrected chi connectivity index (χ4v) is 2.70. The molecular weight excluding hydrogens is 188 g/mol. The number of hydrogen-bond acceptors (Lipinski definition) is 3. The number of furan rings is 1. The Morgan fingerprint density at radius 3 is 2.87 bits per heavy atom. The first-order chi connectivity index (χ1) is 7.36. The molecule has 15 heavy (non-hydrogen) atoms. The zero-order valence-corrected chi connectivity index (χ0v) is 8.93. The van der Waals surface area contributed by atoms with Crippen LogP contribution in [0.3, 0.4) is 0 Å². The van der Waals surface area contributed by atoms with Crippen LogP contribution < -0.4 is 5.73 Å². The molecule has 82 valence electrons. The highest BCUT2D eigenvalue weighted by molar-refractivity contribution is 5.11. The minimum atomic E-state index is 0.241. The van der Waals surface area contributed by atoms with Gasteiger partial charge in [0.15, 0.2) is 0 Å². The number of piperidine rings is 1. The van der Waals surface area contributed by atoms with Crippen molar-refractivity contribution in [2.24, 2.45) is 5.73 Å². The molecule has 1 aliphatic carbocycles. The van der Waals surface area contributed by atoms with Crippen LogP contribution >= 0.6 is 0 Å². The van der Waals surface area contributed by atoms with Gasteiger partial charge in [-0.05, 0) is 44.4 Å². The van der Waals surface area contributed by atoms with Gasteiger partial charge in [-0.25, -0.2) is 0 Å². The molecule has 1 aromatic heterocycles. The van der Waals surface area contributed by atoms with E-state index in [1.807, 2.05) is 6.07 Å². The van der Waals surface area contributed by atoms with E-state index in [4.69, 9.17) is 10.2 Å². The van der Waals surface area contributed by atoms with Crippen molar-refractivity contribution in [1.82, 2.24) is 4.90 Å². The predicted octanol–water partition coefficient (Wildman–Crippen LogP) is 1.91. The summed E-state index contributed by atoms with van der Waals surface area (Å²) in [4.78, 5) is 2.55. The fourth-order valence-electron chi connectivity index (χ4n) is 2.70. The van der Waals surface area contributed by atoms with Crippen LogP contribution in [-0.4, -0.2) is 23.5 Å². The second-order valence-electron chi connectivity index (χ2n) is 4.74. The molecule has 2 aliphatic rings. The SMILES string of the molecule is NC1CCCN(C2CC2)C1c1ccco1. The molecule has 1 saturated heterocycles. The Morgan fingerprint density at radius 1 is 1.33 bits per heavy atom. The zero-order chi connectivity index (χ0) is 10.3. The van der Waals surface area contributed by atoms with Gasteiger partial charge in [0.25, 0.3) is 0 Å². The summed E-state index contributed by atoms with van der Waals surface area (Å²) in [6.07, 6.45) is 6.78. The van der Waals surface area contributed by atoms with Crippen LogP contribution in [0, 0.1) is 0 Å². The van der Waals surface area contributed by atoms with Crippen LogP contribution in [0.5, 0.6) is 0 Å². The molecular formula is C12H18N2O. The van der Waals surface area contributed by atoms with E-state index in [1.165, 1.54) is 25.8 Å². The monoisotopic (exact) mass is 206 g/mol. The van der Waals surface area contributed by atoms with Crippen molar-refractivity contribution in [2.45, 2.75) is 43.8 Å². The molecule has 2 unspecified atom stereocenters. The molecule has 0 spiro atoms. The second-order valence-corrected chi connectivity index (χ2v) is 4.74. The molecule has 2 atom stereocenters. The number of hydrogen-bond donors (Lipinski definition) is 1. The third-order valence-electron chi connectivity index (χ3n) is 3.57. The number of rotatable bonds is 2. The average molecular weight is 206 g/mol. The van der Waals surface area contributed by atoms with E-state index in [0.29, 0.717) is 6.04 Å². The third kappa shape index (κ3) is 1.70. The molecule has 0 radical (unpaired) electrons. The van der Waals surface area contributed by atoms with E-state index in [9.17, 15) is 0 Å². The highest BCUT2D eigenvalue weighted by atomic mass is 16.3. The Bertz CT molecular complexity index is 318. The van der Waals surface area contributed by atoms with Crippen molar-refractivity contribution in [3.05, 3.63) is 24.2 Å². The lowest BCUT2D eigenvalue weighted by Crippen LogP contribution is -2.46. The molecule has 2 heterocycles. The minimum Gasteiger partial charge on any atom is -0.468 e. The molecule has 3 rings (SSSR count). The summed E-state index contributed by atoms with van der Waals surface area (Å²) < 4.78 is 5.53. The highest BCUT2D eigenvalue weighted by Gasteiger charge is 2.40. The smallest absolute Gasteiger partial charge is 0.122 e. The summed E-state index contributed by atoms with van der Waals surface area (Å²) in [6, 6.07) is 5.35. The van der Waals surface area contributed by atoms with Gasteiger partial charge in [0, 0.05) is 12.1 Å². The van der Waals surface area contributed by atoms with Crippen LogP contribution in [0.2, 0.25) is 0 Å². The largest absolute Gasteiger partial charge is 0.468 e. The van der Waals surface area contributed by atoms with Crippen molar-refractivity contribution < 1.29 is 4.42 Å². The molecule has 0 aromatic carbocycles. The fraction of sp³-hybridized carbons (Fsp3) is 0.667. The van der Waals surface area contributed by atoms with Gasteiger partial charge in [-0.15, -0.1) is 0 Å². The first kappa shape index (κ1) is 9.43. The molecule has 2 fully saturated rings. The molecule has 1 aromatic rings. The zero-order valence-electron chi connectivity index (χ0n) is 8.93. The topological polar surface area (TPSA) is 42.4 Å². The Kier molecular flexibility index (Phi) is 2.29. The molecule has 0 amide bonds. The third-order valence-corrected chi connectivity index (χ3v) is 3.57. The molecule has 3 heteroatoms. The summed E-state index contributed by atoms with van der Waals surface area (Å²) in [5.74, 6) is 1.05. The van der Waals surface area contributed by atoms with E-state index in [1.54, 1.807) is 6.26 Å². The van der Waals surface area contributed by atoms with E-state index < -0.39 is 0 Å². The van der Waals surface area contributed by atoms with Crippen molar-refractivity contribution >= 4 is 0 Å². The predicted molar refractivity (Wildman–Crippen MR) is 58.4 cm³/mol. The molecule has 0 bridgehead atoms. The summed E-state index contributed by atoms with van der Waals surface area (Å²) in [6.45, 7) is 1.18. The molecule has 2 N–H and O–H groups in total. The maximum atomic E-state index is 6.22. The second kappa shape index (κ2) is 3.65. The number of nitrogens with zero attached hydrogens (tertiary/aromatic N) is 1. The van der Waals surface area contributed by atoms with E-state index in [-0.39, 0.29) is 6.04 Å². The maximum Gasteiger partial charge on any atom is 0.122 e. The van der Waals surface area contributed by atoms with Gasteiger partial charge in [0.1, 0.15) is 5.76 Å². The van der Waals surface area contributed by atoms with Crippen molar-refractivity contribution in [1.29, 1.82) is 0 Å². The normalized spacial score (nSPS) is 33.1. The lowest BCUT2D eigenvalue weighted by atomic mass is 9.95. The van der Waals surface area contributed by atoms with Crippen molar-refractivity contribution in [3.8, 4) is 0 Å². The Balaban J connectivity index is 1.86. The van der Waals surface area contributed by atoms with Crippen LogP contribution in [0.15, 0.2) is 22.8 Å². The summed E-state index contributed by atoms with van der Waals surface area (Å²) in [5.41, 5.74) is 6.22. The highest BCUT2D eigenvalue weighted by Crippen LogP contribution is 2.39. The van der Waals surface area contributed by atoms with Gasteiger partial charge in [0.05, 0.1) is 12.3 Å². The van der Waals surface area contributed by atoms with E-state index in [2.05, 4.69) is 11.0 Å².